The Balaban J connectivity index is 1.86. The molecule has 8 heteroatoms. The summed E-state index contributed by atoms with van der Waals surface area (Å²) in [5, 5.41) is 7.06. The Morgan fingerprint density at radius 1 is 1.03 bits per heavy atom. The Morgan fingerprint density at radius 3 is 2.45 bits per heavy atom. The topological polar surface area (TPSA) is 76.7 Å². The minimum absolute atomic E-state index is 0.275. The first-order valence-corrected chi connectivity index (χ1v) is 10.8. The van der Waals surface area contributed by atoms with Crippen molar-refractivity contribution in [2.75, 3.05) is 24.4 Å². The Hall–Kier alpha value is -3.23. The molecule has 31 heavy (non-hydrogen) atoms. The van der Waals surface area contributed by atoms with Gasteiger partial charge in [0.25, 0.3) is 0 Å². The van der Waals surface area contributed by atoms with Crippen molar-refractivity contribution in [3.8, 4) is 10.4 Å². The van der Waals surface area contributed by atoms with Crippen molar-refractivity contribution >= 4 is 51.3 Å². The molecule has 0 radical (unpaired) electrons. The number of aryl methyl sites for hydroxylation is 1. The van der Waals surface area contributed by atoms with Crippen LogP contribution in [0.15, 0.2) is 54.6 Å². The summed E-state index contributed by atoms with van der Waals surface area (Å²) in [6, 6.07) is 16.7. The van der Waals surface area contributed by atoms with E-state index in [0.29, 0.717) is 21.8 Å². The Labute approximate surface area is 190 Å². The van der Waals surface area contributed by atoms with Crippen molar-refractivity contribution in [2.45, 2.75) is 13.8 Å². The lowest BCUT2D eigenvalue weighted by molar-refractivity contribution is 0.0527. The van der Waals surface area contributed by atoms with Gasteiger partial charge in [0.05, 0.1) is 24.8 Å². The maximum Gasteiger partial charge on any atom is 0.341 e. The second-order valence-corrected chi connectivity index (χ2v) is 8.00. The van der Waals surface area contributed by atoms with Gasteiger partial charge in [0.15, 0.2) is 5.11 Å². The van der Waals surface area contributed by atoms with E-state index in [-0.39, 0.29) is 11.7 Å². The van der Waals surface area contributed by atoms with Crippen LogP contribution < -0.4 is 10.6 Å². The van der Waals surface area contributed by atoms with Crippen molar-refractivity contribution in [1.82, 2.24) is 0 Å². The van der Waals surface area contributed by atoms with Crippen molar-refractivity contribution in [1.29, 1.82) is 0 Å². The summed E-state index contributed by atoms with van der Waals surface area (Å²) >= 11 is 6.88. The van der Waals surface area contributed by atoms with E-state index < -0.39 is 11.9 Å². The third-order valence-electron chi connectivity index (χ3n) is 4.42. The average molecular weight is 455 g/mol. The first-order valence-electron chi connectivity index (χ1n) is 9.56. The van der Waals surface area contributed by atoms with E-state index in [2.05, 4.69) is 10.6 Å². The van der Waals surface area contributed by atoms with Crippen LogP contribution in [-0.2, 0) is 9.47 Å². The molecule has 0 saturated heterocycles. The second kappa shape index (κ2) is 10.2. The molecule has 0 bridgehead atoms. The highest BCUT2D eigenvalue weighted by Gasteiger charge is 2.19. The molecule has 0 aliphatic carbocycles. The van der Waals surface area contributed by atoms with E-state index in [1.807, 2.05) is 37.3 Å². The van der Waals surface area contributed by atoms with Crippen LogP contribution in [0.5, 0.6) is 0 Å². The standard InChI is InChI=1S/C23H22N2O4S2/c1-4-29-22(27)17-13-19(15-8-6-5-7-9-15)31-20(17)25-23(30)24-18-12-16(21(26)28-3)11-10-14(18)2/h5-13H,4H2,1-3H3,(H2,24,25,30). The number of thiocarbonyl (C=S) groups is 1. The van der Waals surface area contributed by atoms with Gasteiger partial charge in [-0.25, -0.2) is 9.59 Å². The molecule has 1 heterocycles. The van der Waals surface area contributed by atoms with Gasteiger partial charge in [-0.15, -0.1) is 11.3 Å². The molecule has 0 spiro atoms. The number of esters is 2. The maximum atomic E-state index is 12.5. The molecule has 0 atom stereocenters. The number of thiophene rings is 1. The largest absolute Gasteiger partial charge is 0.465 e. The SMILES string of the molecule is CCOC(=O)c1cc(-c2ccccc2)sc1NC(=S)Nc1cc(C(=O)OC)ccc1C. The molecule has 160 valence electrons. The smallest absolute Gasteiger partial charge is 0.341 e. The molecule has 6 nitrogen and oxygen atoms in total. The number of nitrogens with one attached hydrogen (secondary N) is 2. The van der Waals surface area contributed by atoms with E-state index in [4.69, 9.17) is 21.7 Å². The van der Waals surface area contributed by atoms with E-state index in [1.54, 1.807) is 31.2 Å². The molecule has 3 rings (SSSR count). The number of rotatable bonds is 6. The molecule has 0 aliphatic rings. The van der Waals surface area contributed by atoms with Crippen LogP contribution in [0.25, 0.3) is 10.4 Å². The summed E-state index contributed by atoms with van der Waals surface area (Å²) in [6.07, 6.45) is 0. The number of methoxy groups -OCH3 is 1. The number of anilines is 2. The molecule has 0 amide bonds. The van der Waals surface area contributed by atoms with Crippen molar-refractivity contribution in [3.05, 3.63) is 71.3 Å². The average Bonchev–Trinajstić information content (AvgIpc) is 3.19. The second-order valence-electron chi connectivity index (χ2n) is 6.54. The molecule has 0 unspecified atom stereocenters. The molecule has 0 aliphatic heterocycles. The lowest BCUT2D eigenvalue weighted by Crippen LogP contribution is -2.21. The van der Waals surface area contributed by atoms with Gasteiger partial charge in [-0.1, -0.05) is 36.4 Å². The molecule has 3 aromatic rings. The molecule has 1 aromatic heterocycles. The van der Waals surface area contributed by atoms with Gasteiger partial charge >= 0.3 is 11.9 Å². The minimum Gasteiger partial charge on any atom is -0.465 e. The number of hydrogen-bond donors (Lipinski definition) is 2. The molecule has 0 saturated carbocycles. The number of carbonyl (C=O) groups is 2. The zero-order chi connectivity index (χ0) is 22.4. The molecular formula is C23H22N2O4S2. The zero-order valence-corrected chi connectivity index (χ0v) is 19.0. The summed E-state index contributed by atoms with van der Waals surface area (Å²) in [4.78, 5) is 25.2. The van der Waals surface area contributed by atoms with Crippen LogP contribution in [0.2, 0.25) is 0 Å². The molecule has 0 fully saturated rings. The number of hydrogen-bond acceptors (Lipinski definition) is 6. The molecular weight excluding hydrogens is 432 g/mol. The predicted molar refractivity (Wildman–Crippen MR) is 128 cm³/mol. The fourth-order valence-electron chi connectivity index (χ4n) is 2.85. The fraction of sp³-hybridized carbons (Fsp3) is 0.174. The zero-order valence-electron chi connectivity index (χ0n) is 17.4. The Bertz CT molecular complexity index is 1110. The summed E-state index contributed by atoms with van der Waals surface area (Å²) < 4.78 is 9.98. The van der Waals surface area contributed by atoms with Gasteiger partial charge in [-0.2, -0.15) is 0 Å². The van der Waals surface area contributed by atoms with Crippen LogP contribution in [0.1, 0.15) is 33.2 Å². The predicted octanol–water partition coefficient (Wildman–Crippen LogP) is 5.50. The van der Waals surface area contributed by atoms with Gasteiger partial charge < -0.3 is 20.1 Å². The van der Waals surface area contributed by atoms with Crippen LogP contribution >= 0.6 is 23.6 Å². The van der Waals surface area contributed by atoms with Gasteiger partial charge in [-0.3, -0.25) is 0 Å². The van der Waals surface area contributed by atoms with Crippen LogP contribution in [0.3, 0.4) is 0 Å². The third-order valence-corrected chi connectivity index (χ3v) is 5.72. The van der Waals surface area contributed by atoms with E-state index in [0.717, 1.165) is 16.0 Å². The molecule has 2 aromatic carbocycles. The van der Waals surface area contributed by atoms with Crippen LogP contribution in [0, 0.1) is 6.92 Å². The van der Waals surface area contributed by atoms with Crippen molar-refractivity contribution in [2.24, 2.45) is 0 Å². The maximum absolute atomic E-state index is 12.5. The highest BCUT2D eigenvalue weighted by atomic mass is 32.1. The van der Waals surface area contributed by atoms with E-state index in [1.165, 1.54) is 18.4 Å². The summed E-state index contributed by atoms with van der Waals surface area (Å²) in [6.45, 7) is 3.93. The number of ether oxygens (including phenoxy) is 2. The number of benzene rings is 2. The fourth-order valence-corrected chi connectivity index (χ4v) is 4.18. The van der Waals surface area contributed by atoms with Gasteiger partial charge in [0, 0.05) is 10.6 Å². The minimum atomic E-state index is -0.433. The highest BCUT2D eigenvalue weighted by molar-refractivity contribution is 7.80. The Morgan fingerprint density at radius 2 is 1.77 bits per heavy atom. The van der Waals surface area contributed by atoms with Crippen molar-refractivity contribution in [3.63, 3.8) is 0 Å². The van der Waals surface area contributed by atoms with Crippen LogP contribution in [0.4, 0.5) is 10.7 Å². The lowest BCUT2D eigenvalue weighted by atomic mass is 10.1. The first kappa shape index (κ1) is 22.5. The van der Waals surface area contributed by atoms with Gasteiger partial charge in [0.1, 0.15) is 5.00 Å². The molecule has 2 N–H and O–H groups in total. The quantitative estimate of drug-likeness (QED) is 0.376. The third kappa shape index (κ3) is 5.48. The van der Waals surface area contributed by atoms with Gasteiger partial charge in [-0.05, 0) is 55.4 Å². The summed E-state index contributed by atoms with van der Waals surface area (Å²) in [5.74, 6) is -0.854. The van der Waals surface area contributed by atoms with E-state index in [9.17, 15) is 9.59 Å². The normalized spacial score (nSPS) is 10.3. The summed E-state index contributed by atoms with van der Waals surface area (Å²) in [5.41, 5.74) is 3.38. The van der Waals surface area contributed by atoms with E-state index >= 15 is 0 Å². The highest BCUT2D eigenvalue weighted by Crippen LogP contribution is 2.36. The van der Waals surface area contributed by atoms with Crippen molar-refractivity contribution < 1.29 is 19.1 Å². The Kier molecular flexibility index (Phi) is 7.38. The monoisotopic (exact) mass is 454 g/mol. The first-order chi connectivity index (χ1) is 14.9. The lowest BCUT2D eigenvalue weighted by Gasteiger charge is -2.13. The number of carbonyl (C=O) groups excluding carboxylic acids is 2. The van der Waals surface area contributed by atoms with Gasteiger partial charge in [0.2, 0.25) is 0 Å². The summed E-state index contributed by atoms with van der Waals surface area (Å²) in [7, 11) is 1.33. The van der Waals surface area contributed by atoms with Crippen LogP contribution in [-0.4, -0.2) is 30.8 Å².